The minimum absolute atomic E-state index is 0.0942. The summed E-state index contributed by atoms with van der Waals surface area (Å²) in [5.41, 5.74) is 1.41. The topological polar surface area (TPSA) is 71.3 Å². The molecule has 1 unspecified atom stereocenters. The molecule has 1 amide bonds. The first kappa shape index (κ1) is 17.2. The van der Waals surface area contributed by atoms with Gasteiger partial charge < -0.3 is 14.7 Å². The van der Waals surface area contributed by atoms with E-state index in [4.69, 9.17) is 4.52 Å². The maximum atomic E-state index is 13.0. The van der Waals surface area contributed by atoms with Crippen molar-refractivity contribution in [3.05, 3.63) is 47.6 Å². The second-order valence-corrected chi connectivity index (χ2v) is 7.49. The van der Waals surface area contributed by atoms with Crippen LogP contribution < -0.4 is 5.32 Å². The molecule has 1 saturated heterocycles. The second-order valence-electron chi connectivity index (χ2n) is 7.49. The molecule has 0 radical (unpaired) electrons. The molecule has 0 bridgehead atoms. The van der Waals surface area contributed by atoms with Crippen molar-refractivity contribution >= 4 is 5.91 Å². The van der Waals surface area contributed by atoms with Gasteiger partial charge in [0.15, 0.2) is 5.82 Å². The average molecular weight is 354 g/mol. The maximum Gasteiger partial charge on any atom is 0.246 e. The number of hydrogen-bond donors (Lipinski definition) is 1. The van der Waals surface area contributed by atoms with E-state index in [1.54, 1.807) is 6.92 Å². The normalized spacial score (nSPS) is 26.4. The van der Waals surface area contributed by atoms with Crippen molar-refractivity contribution in [1.29, 1.82) is 0 Å². The largest absolute Gasteiger partial charge is 0.337 e. The lowest BCUT2D eigenvalue weighted by atomic mass is 9.75. The minimum Gasteiger partial charge on any atom is -0.337 e. The van der Waals surface area contributed by atoms with Gasteiger partial charge in [0.05, 0.1) is 6.04 Å². The van der Waals surface area contributed by atoms with E-state index >= 15 is 0 Å². The number of nitrogens with one attached hydrogen (secondary N) is 1. The fourth-order valence-electron chi connectivity index (χ4n) is 4.02. The minimum atomic E-state index is -0.0942. The molecule has 1 saturated carbocycles. The van der Waals surface area contributed by atoms with Crippen LogP contribution in [0.4, 0.5) is 0 Å². The molecule has 2 aliphatic rings. The molecule has 1 aromatic heterocycles. The smallest absolute Gasteiger partial charge is 0.246 e. The Hall–Kier alpha value is -2.21. The third-order valence-corrected chi connectivity index (χ3v) is 5.52. The summed E-state index contributed by atoms with van der Waals surface area (Å²) < 4.78 is 5.19. The van der Waals surface area contributed by atoms with Crippen molar-refractivity contribution in [2.24, 2.45) is 0 Å². The monoisotopic (exact) mass is 354 g/mol. The molecule has 26 heavy (non-hydrogen) atoms. The molecule has 2 fully saturated rings. The van der Waals surface area contributed by atoms with Gasteiger partial charge in [-0.05, 0) is 50.5 Å². The highest BCUT2D eigenvalue weighted by Crippen LogP contribution is 2.37. The molecule has 1 N–H and O–H groups in total. The summed E-state index contributed by atoms with van der Waals surface area (Å²) in [6, 6.07) is 11.0. The average Bonchev–Trinajstić information content (AvgIpc) is 2.95. The Kier molecular flexibility index (Phi) is 5.02. The molecule has 1 aliphatic heterocycles. The van der Waals surface area contributed by atoms with Gasteiger partial charge in [0.2, 0.25) is 11.8 Å². The van der Waals surface area contributed by atoms with Crippen molar-refractivity contribution in [3.63, 3.8) is 0 Å². The van der Waals surface area contributed by atoms with E-state index in [0.29, 0.717) is 30.2 Å². The first-order valence-electron chi connectivity index (χ1n) is 9.58. The second kappa shape index (κ2) is 7.58. The zero-order valence-corrected chi connectivity index (χ0v) is 15.2. The lowest BCUT2D eigenvalue weighted by Crippen LogP contribution is -2.52. The molecular formula is C20H26N4O2. The summed E-state index contributed by atoms with van der Waals surface area (Å²) in [5.74, 6) is 1.91. The first-order valence-corrected chi connectivity index (χ1v) is 9.58. The van der Waals surface area contributed by atoms with Crippen LogP contribution in [0.3, 0.4) is 0 Å². The molecule has 4 rings (SSSR count). The van der Waals surface area contributed by atoms with Gasteiger partial charge in [-0.25, -0.2) is 0 Å². The summed E-state index contributed by atoms with van der Waals surface area (Å²) in [4.78, 5) is 19.1. The van der Waals surface area contributed by atoms with Crippen LogP contribution >= 0.6 is 0 Å². The van der Waals surface area contributed by atoms with Crippen LogP contribution in [0.2, 0.25) is 0 Å². The van der Waals surface area contributed by atoms with Gasteiger partial charge in [-0.3, -0.25) is 4.79 Å². The molecule has 0 spiro atoms. The zero-order valence-electron chi connectivity index (χ0n) is 15.2. The third-order valence-electron chi connectivity index (χ3n) is 5.52. The lowest BCUT2D eigenvalue weighted by Gasteiger charge is -2.39. The third kappa shape index (κ3) is 3.80. The molecule has 138 valence electrons. The summed E-state index contributed by atoms with van der Waals surface area (Å²) in [6.07, 6.45) is 5.21. The van der Waals surface area contributed by atoms with Gasteiger partial charge in [0, 0.05) is 12.6 Å². The highest BCUT2D eigenvalue weighted by molar-refractivity contribution is 5.82. The number of aryl methyl sites for hydroxylation is 1. The Labute approximate surface area is 154 Å². The number of carbonyl (C=O) groups is 1. The van der Waals surface area contributed by atoms with Gasteiger partial charge in [-0.1, -0.05) is 35.5 Å². The number of nitrogens with zero attached hydrogens (tertiary/aromatic N) is 3. The first-order chi connectivity index (χ1) is 12.7. The van der Waals surface area contributed by atoms with Crippen molar-refractivity contribution in [3.8, 4) is 0 Å². The summed E-state index contributed by atoms with van der Waals surface area (Å²) in [7, 11) is 0. The summed E-state index contributed by atoms with van der Waals surface area (Å²) in [6.45, 7) is 2.96. The van der Waals surface area contributed by atoms with Crippen LogP contribution in [0, 0.1) is 6.92 Å². The van der Waals surface area contributed by atoms with Crippen LogP contribution in [0.15, 0.2) is 34.9 Å². The predicted molar refractivity (Wildman–Crippen MR) is 97.4 cm³/mol. The predicted octanol–water partition coefficient (Wildman–Crippen LogP) is 2.79. The molecule has 2 heterocycles. The van der Waals surface area contributed by atoms with Crippen LogP contribution in [0.1, 0.15) is 55.3 Å². The summed E-state index contributed by atoms with van der Waals surface area (Å²) in [5, 5.41) is 7.43. The van der Waals surface area contributed by atoms with E-state index < -0.39 is 0 Å². The number of carbonyl (C=O) groups excluding carboxylic acids is 1. The molecule has 1 atom stereocenters. The van der Waals surface area contributed by atoms with Crippen molar-refractivity contribution in [1.82, 2.24) is 20.4 Å². The van der Waals surface area contributed by atoms with E-state index in [1.807, 2.05) is 4.90 Å². The number of amides is 1. The molecular weight excluding hydrogens is 328 g/mol. The van der Waals surface area contributed by atoms with Gasteiger partial charge >= 0.3 is 0 Å². The Morgan fingerprint density at radius 2 is 2.04 bits per heavy atom. The van der Waals surface area contributed by atoms with Gasteiger partial charge in [0.1, 0.15) is 6.54 Å². The van der Waals surface area contributed by atoms with E-state index in [9.17, 15) is 4.79 Å². The Morgan fingerprint density at radius 1 is 1.23 bits per heavy atom. The van der Waals surface area contributed by atoms with E-state index in [0.717, 1.165) is 38.6 Å². The Balaban J connectivity index is 1.33. The maximum absolute atomic E-state index is 13.0. The SMILES string of the molecule is Cc1noc(CN2CCCCC(NC3CC(c4ccccc4)C3)C2=O)n1. The van der Waals surface area contributed by atoms with Crippen LogP contribution in [0.5, 0.6) is 0 Å². The van der Waals surface area contributed by atoms with E-state index in [-0.39, 0.29) is 11.9 Å². The number of aromatic nitrogens is 2. The Morgan fingerprint density at radius 3 is 2.77 bits per heavy atom. The van der Waals surface area contributed by atoms with Gasteiger partial charge in [-0.2, -0.15) is 4.98 Å². The number of likely N-dealkylation sites (tertiary alicyclic amines) is 1. The van der Waals surface area contributed by atoms with Crippen molar-refractivity contribution < 1.29 is 9.32 Å². The molecule has 6 heteroatoms. The molecule has 1 aliphatic carbocycles. The molecule has 1 aromatic carbocycles. The number of rotatable bonds is 5. The number of benzene rings is 1. The fourth-order valence-corrected chi connectivity index (χ4v) is 4.02. The molecule has 6 nitrogen and oxygen atoms in total. The quantitative estimate of drug-likeness (QED) is 0.894. The van der Waals surface area contributed by atoms with Crippen molar-refractivity contribution in [2.45, 2.75) is 63.6 Å². The fraction of sp³-hybridized carbons (Fsp3) is 0.550. The lowest BCUT2D eigenvalue weighted by molar-refractivity contribution is -0.134. The van der Waals surface area contributed by atoms with Gasteiger partial charge in [0.25, 0.3) is 0 Å². The van der Waals surface area contributed by atoms with Gasteiger partial charge in [-0.15, -0.1) is 0 Å². The summed E-state index contributed by atoms with van der Waals surface area (Å²) >= 11 is 0. The van der Waals surface area contributed by atoms with Crippen LogP contribution in [-0.2, 0) is 11.3 Å². The standard InChI is InChI=1S/C20H26N4O2/c1-14-21-19(26-23-14)13-24-10-6-5-9-18(20(24)25)22-17-11-16(12-17)15-7-3-2-4-8-15/h2-4,7-8,16-18,22H,5-6,9-13H2,1H3. The number of hydrogen-bond acceptors (Lipinski definition) is 5. The van der Waals surface area contributed by atoms with Crippen molar-refractivity contribution in [2.75, 3.05) is 6.54 Å². The highest BCUT2D eigenvalue weighted by atomic mass is 16.5. The highest BCUT2D eigenvalue weighted by Gasteiger charge is 2.35. The zero-order chi connectivity index (χ0) is 17.9. The van der Waals surface area contributed by atoms with E-state index in [1.165, 1.54) is 5.56 Å². The van der Waals surface area contributed by atoms with Crippen LogP contribution in [0.25, 0.3) is 0 Å². The van der Waals surface area contributed by atoms with E-state index in [2.05, 4.69) is 45.8 Å². The van der Waals surface area contributed by atoms with Crippen LogP contribution in [-0.4, -0.2) is 39.6 Å². The molecule has 2 aromatic rings. The Bertz CT molecular complexity index is 739.